The second-order valence-corrected chi connectivity index (χ2v) is 5.98. The zero-order valence-electron chi connectivity index (χ0n) is 8.79. The second kappa shape index (κ2) is 5.52. The van der Waals surface area contributed by atoms with Crippen LogP contribution in [0.1, 0.15) is 22.5 Å². The van der Waals surface area contributed by atoms with Crippen LogP contribution in [0, 0.1) is 5.92 Å². The Morgan fingerprint density at radius 1 is 1.69 bits per heavy atom. The normalized spacial score (nSPS) is 21.1. The number of alkyl halides is 1. The second-order valence-electron chi connectivity index (χ2n) is 4.01. The first-order valence-corrected chi connectivity index (χ1v) is 7.68. The highest BCUT2D eigenvalue weighted by atomic mass is 79.9. The first-order valence-electron chi connectivity index (χ1n) is 5.30. The lowest BCUT2D eigenvalue weighted by Gasteiger charge is -2.31. The van der Waals surface area contributed by atoms with Gasteiger partial charge in [-0.1, -0.05) is 27.5 Å². The maximum Gasteiger partial charge on any atom is 0.265 e. The molecule has 1 aromatic rings. The molecule has 2 heterocycles. The van der Waals surface area contributed by atoms with Gasteiger partial charge in [0.1, 0.15) is 4.88 Å². The Bertz CT molecular complexity index is 382. The van der Waals surface area contributed by atoms with Crippen LogP contribution in [0.2, 0.25) is 5.02 Å². The van der Waals surface area contributed by atoms with Gasteiger partial charge in [-0.3, -0.25) is 4.79 Å². The molecule has 0 N–H and O–H groups in total. The standard InChI is InChI=1S/C11H13BrClNOS/c12-6-8-2-1-4-14(7-8)11(15)10-9(13)3-5-16-10/h3,5,8H,1-2,4,6-7H2. The Hall–Kier alpha value is -0.0600. The summed E-state index contributed by atoms with van der Waals surface area (Å²) in [5.74, 6) is 0.669. The van der Waals surface area contributed by atoms with Crippen LogP contribution >= 0.6 is 38.9 Å². The van der Waals surface area contributed by atoms with Gasteiger partial charge in [-0.15, -0.1) is 11.3 Å². The molecule has 0 aromatic carbocycles. The lowest BCUT2D eigenvalue weighted by molar-refractivity contribution is 0.0691. The van der Waals surface area contributed by atoms with E-state index in [0.29, 0.717) is 15.8 Å². The zero-order valence-corrected chi connectivity index (χ0v) is 11.9. The minimum Gasteiger partial charge on any atom is -0.338 e. The van der Waals surface area contributed by atoms with Crippen LogP contribution in [-0.2, 0) is 0 Å². The highest BCUT2D eigenvalue weighted by Gasteiger charge is 2.25. The van der Waals surface area contributed by atoms with Gasteiger partial charge in [-0.2, -0.15) is 0 Å². The van der Waals surface area contributed by atoms with Crippen LogP contribution < -0.4 is 0 Å². The summed E-state index contributed by atoms with van der Waals surface area (Å²) < 4.78 is 0. The quantitative estimate of drug-likeness (QED) is 0.761. The summed E-state index contributed by atoms with van der Waals surface area (Å²) in [4.78, 5) is 14.8. The van der Waals surface area contributed by atoms with Gasteiger partial charge in [0, 0.05) is 18.4 Å². The lowest BCUT2D eigenvalue weighted by atomic mass is 10.0. The maximum atomic E-state index is 12.2. The first kappa shape index (κ1) is 12.4. The largest absolute Gasteiger partial charge is 0.338 e. The van der Waals surface area contributed by atoms with Gasteiger partial charge in [0.05, 0.1) is 5.02 Å². The van der Waals surface area contributed by atoms with Gasteiger partial charge in [0.25, 0.3) is 5.91 Å². The van der Waals surface area contributed by atoms with E-state index in [-0.39, 0.29) is 5.91 Å². The molecular weight excluding hydrogens is 310 g/mol. The number of amides is 1. The van der Waals surface area contributed by atoms with Gasteiger partial charge >= 0.3 is 0 Å². The third kappa shape index (κ3) is 2.60. The Morgan fingerprint density at radius 3 is 3.12 bits per heavy atom. The number of likely N-dealkylation sites (tertiary alicyclic amines) is 1. The summed E-state index contributed by atoms with van der Waals surface area (Å²) >= 11 is 10.9. The van der Waals surface area contributed by atoms with E-state index < -0.39 is 0 Å². The fraction of sp³-hybridized carbons (Fsp3) is 0.545. The van der Waals surface area contributed by atoms with Crippen LogP contribution in [0.25, 0.3) is 0 Å². The molecule has 2 nitrogen and oxygen atoms in total. The van der Waals surface area contributed by atoms with E-state index in [1.165, 1.54) is 17.8 Å². The summed E-state index contributed by atoms with van der Waals surface area (Å²) in [5.41, 5.74) is 0. The molecule has 1 fully saturated rings. The number of hydrogen-bond donors (Lipinski definition) is 0. The number of hydrogen-bond acceptors (Lipinski definition) is 2. The summed E-state index contributed by atoms with van der Waals surface area (Å²) in [6.07, 6.45) is 2.29. The molecule has 16 heavy (non-hydrogen) atoms. The van der Waals surface area contributed by atoms with E-state index in [2.05, 4.69) is 15.9 Å². The van der Waals surface area contributed by atoms with Crippen LogP contribution in [0.4, 0.5) is 0 Å². The third-order valence-electron chi connectivity index (χ3n) is 2.84. The SMILES string of the molecule is O=C(c1sccc1Cl)N1CCCC(CBr)C1. The Kier molecular flexibility index (Phi) is 4.27. The minimum absolute atomic E-state index is 0.0886. The van der Waals surface area contributed by atoms with E-state index in [1.807, 2.05) is 10.3 Å². The summed E-state index contributed by atoms with van der Waals surface area (Å²) in [6.45, 7) is 1.70. The number of carbonyl (C=O) groups is 1. The summed E-state index contributed by atoms with van der Waals surface area (Å²) in [5, 5.41) is 3.41. The molecule has 88 valence electrons. The fourth-order valence-corrected chi connectivity index (χ4v) is 3.60. The molecule has 0 aliphatic carbocycles. The summed E-state index contributed by atoms with van der Waals surface area (Å²) in [6, 6.07) is 1.78. The number of halogens is 2. The van der Waals surface area contributed by atoms with Crippen molar-refractivity contribution in [1.29, 1.82) is 0 Å². The summed E-state index contributed by atoms with van der Waals surface area (Å²) in [7, 11) is 0. The molecule has 1 saturated heterocycles. The van der Waals surface area contributed by atoms with Gasteiger partial charge in [-0.25, -0.2) is 0 Å². The van der Waals surface area contributed by atoms with Crippen molar-refractivity contribution < 1.29 is 4.79 Å². The maximum absolute atomic E-state index is 12.2. The van der Waals surface area contributed by atoms with Crippen molar-refractivity contribution in [2.45, 2.75) is 12.8 Å². The van der Waals surface area contributed by atoms with Crippen LogP contribution in [-0.4, -0.2) is 29.2 Å². The van der Waals surface area contributed by atoms with Crippen LogP contribution in [0.15, 0.2) is 11.4 Å². The molecule has 0 spiro atoms. The Balaban J connectivity index is 2.07. The van der Waals surface area contributed by atoms with E-state index in [9.17, 15) is 4.79 Å². The van der Waals surface area contributed by atoms with Gasteiger partial charge in [0.15, 0.2) is 0 Å². The number of rotatable bonds is 2. The van der Waals surface area contributed by atoms with Crippen molar-refractivity contribution in [2.75, 3.05) is 18.4 Å². The number of carbonyl (C=O) groups excluding carboxylic acids is 1. The van der Waals surface area contributed by atoms with Crippen molar-refractivity contribution in [1.82, 2.24) is 4.90 Å². The zero-order chi connectivity index (χ0) is 11.5. The average Bonchev–Trinajstić information content (AvgIpc) is 2.74. The molecule has 0 radical (unpaired) electrons. The number of piperidine rings is 1. The number of thiophene rings is 1. The van der Waals surface area contributed by atoms with Crippen LogP contribution in [0.3, 0.4) is 0 Å². The van der Waals surface area contributed by atoms with E-state index in [1.54, 1.807) is 6.07 Å². The van der Waals surface area contributed by atoms with Gasteiger partial charge in [-0.05, 0) is 30.2 Å². The van der Waals surface area contributed by atoms with Gasteiger partial charge in [0.2, 0.25) is 0 Å². The third-order valence-corrected chi connectivity index (χ3v) is 5.08. The van der Waals surface area contributed by atoms with Crippen molar-refractivity contribution in [3.8, 4) is 0 Å². The fourth-order valence-electron chi connectivity index (χ4n) is 1.97. The molecule has 5 heteroatoms. The molecule has 1 aliphatic rings. The van der Waals surface area contributed by atoms with Gasteiger partial charge < -0.3 is 4.90 Å². The monoisotopic (exact) mass is 321 g/mol. The predicted molar refractivity (Wildman–Crippen MR) is 71.8 cm³/mol. The molecule has 1 amide bonds. The molecule has 1 unspecified atom stereocenters. The van der Waals surface area contributed by atoms with Crippen molar-refractivity contribution >= 4 is 44.8 Å². The highest BCUT2D eigenvalue weighted by molar-refractivity contribution is 9.09. The first-order chi connectivity index (χ1) is 7.72. The minimum atomic E-state index is 0.0886. The van der Waals surface area contributed by atoms with E-state index >= 15 is 0 Å². The average molecular weight is 323 g/mol. The number of nitrogens with zero attached hydrogens (tertiary/aromatic N) is 1. The predicted octanol–water partition coefficient (Wildman–Crippen LogP) is 3.65. The molecule has 1 aliphatic heterocycles. The van der Waals surface area contributed by atoms with Crippen molar-refractivity contribution in [2.24, 2.45) is 5.92 Å². The Labute approximate surface area is 113 Å². The van der Waals surface area contributed by atoms with E-state index in [4.69, 9.17) is 11.6 Å². The molecule has 1 atom stereocenters. The van der Waals surface area contributed by atoms with Crippen molar-refractivity contribution in [3.05, 3.63) is 21.3 Å². The van der Waals surface area contributed by atoms with Crippen LogP contribution in [0.5, 0.6) is 0 Å². The molecule has 2 rings (SSSR count). The topological polar surface area (TPSA) is 20.3 Å². The Morgan fingerprint density at radius 2 is 2.50 bits per heavy atom. The molecule has 0 saturated carbocycles. The molecule has 0 bridgehead atoms. The highest BCUT2D eigenvalue weighted by Crippen LogP contribution is 2.26. The van der Waals surface area contributed by atoms with E-state index in [0.717, 1.165) is 24.8 Å². The smallest absolute Gasteiger partial charge is 0.265 e. The molecular formula is C11H13BrClNOS. The lowest BCUT2D eigenvalue weighted by Crippen LogP contribution is -2.40. The molecule has 1 aromatic heterocycles. The van der Waals surface area contributed by atoms with Crippen molar-refractivity contribution in [3.63, 3.8) is 0 Å².